The number of alkyl halides is 2. The monoisotopic (exact) mass is 315 g/mol. The molecule has 0 atom stereocenters. The van der Waals surface area contributed by atoms with Crippen molar-refractivity contribution in [2.24, 2.45) is 0 Å². The van der Waals surface area contributed by atoms with Gasteiger partial charge < -0.3 is 10.1 Å². The molecule has 114 valence electrons. The van der Waals surface area contributed by atoms with Crippen LogP contribution < -0.4 is 10.1 Å². The number of H-pyrrole nitrogens is 1. The van der Waals surface area contributed by atoms with Crippen LogP contribution in [0.5, 0.6) is 5.88 Å². The van der Waals surface area contributed by atoms with Gasteiger partial charge in [0.05, 0.1) is 28.1 Å². The predicted octanol–water partition coefficient (Wildman–Crippen LogP) is 0.862. The largest absolute Gasteiger partial charge is 0.415 e. The molecule has 0 amide bonds. The summed E-state index contributed by atoms with van der Waals surface area (Å²) in [5, 5.41) is 11.7. The Kier molecular flexibility index (Phi) is 3.66. The van der Waals surface area contributed by atoms with Crippen LogP contribution in [0.1, 0.15) is 6.92 Å². The lowest BCUT2D eigenvalue weighted by Gasteiger charge is -2.20. The molecule has 0 spiro atoms. The minimum Gasteiger partial charge on any atom is -0.415 e. The average molecular weight is 315 g/mol. The quantitative estimate of drug-likeness (QED) is 0.678. The van der Waals surface area contributed by atoms with Crippen molar-refractivity contribution in [2.75, 3.05) is 5.32 Å². The highest BCUT2D eigenvalue weighted by atomic mass is 19.3. The zero-order valence-electron chi connectivity index (χ0n) is 11.9. The minimum atomic E-state index is -2.96. The molecule has 8 nitrogen and oxygen atoms in total. The topological polar surface area (TPSA) is 93.5 Å². The molecule has 23 heavy (non-hydrogen) atoms. The molecule has 0 bridgehead atoms. The van der Waals surface area contributed by atoms with Crippen LogP contribution in [-0.4, -0.2) is 52.2 Å². The number of hydrogen-bond acceptors (Lipinski definition) is 6. The lowest BCUT2D eigenvalue weighted by molar-refractivity contribution is -0.0528. The third kappa shape index (κ3) is 3.25. The van der Waals surface area contributed by atoms with E-state index in [1.165, 1.54) is 23.1 Å². The number of aromatic amines is 1. The van der Waals surface area contributed by atoms with Crippen molar-refractivity contribution >= 4 is 38.5 Å². The highest BCUT2D eigenvalue weighted by Gasteiger charge is 2.18. The van der Waals surface area contributed by atoms with Crippen molar-refractivity contribution in [3.05, 3.63) is 18.5 Å². The molecule has 0 aliphatic carbocycles. The standard InChI is InChI=1S/C11H9B2F2N7O/c1-11(12,13)22-9-5(3-17-22)16-4-7(19-9)18-6-2-8(21-20-6)23-10(14)15/h2-4,10H,1H3,(H2,18,19,20,21). The maximum absolute atomic E-state index is 12.1. The average Bonchev–Trinajstić information content (AvgIpc) is 3.03. The molecule has 0 aliphatic rings. The fraction of sp³-hybridized carbons (Fsp3) is 0.273. The smallest absolute Gasteiger partial charge is 0.388 e. The number of halogens is 2. The molecule has 0 saturated heterocycles. The number of ether oxygens (including phenoxy) is 1. The van der Waals surface area contributed by atoms with Crippen LogP contribution in [0.25, 0.3) is 11.2 Å². The van der Waals surface area contributed by atoms with Crippen molar-refractivity contribution < 1.29 is 13.5 Å². The Morgan fingerprint density at radius 1 is 1.39 bits per heavy atom. The van der Waals surface area contributed by atoms with Crippen molar-refractivity contribution in [1.82, 2.24) is 29.9 Å². The summed E-state index contributed by atoms with van der Waals surface area (Å²) in [5.41, 5.74) is 0.870. The van der Waals surface area contributed by atoms with Gasteiger partial charge in [0, 0.05) is 6.07 Å². The zero-order valence-corrected chi connectivity index (χ0v) is 11.9. The van der Waals surface area contributed by atoms with E-state index in [2.05, 4.69) is 35.3 Å². The molecule has 3 heterocycles. The second-order valence-corrected chi connectivity index (χ2v) is 4.87. The van der Waals surface area contributed by atoms with Crippen LogP contribution in [0.4, 0.5) is 20.4 Å². The fourth-order valence-electron chi connectivity index (χ4n) is 1.87. The number of anilines is 2. The van der Waals surface area contributed by atoms with Crippen molar-refractivity contribution in [2.45, 2.75) is 18.9 Å². The predicted molar refractivity (Wildman–Crippen MR) is 79.0 cm³/mol. The zero-order chi connectivity index (χ0) is 16.6. The van der Waals surface area contributed by atoms with E-state index in [4.69, 9.17) is 15.7 Å². The summed E-state index contributed by atoms with van der Waals surface area (Å²) in [6.07, 6.45) is 2.92. The molecule has 0 fully saturated rings. The van der Waals surface area contributed by atoms with Crippen LogP contribution in [0.2, 0.25) is 0 Å². The summed E-state index contributed by atoms with van der Waals surface area (Å²) in [6, 6.07) is 1.26. The highest BCUT2D eigenvalue weighted by molar-refractivity contribution is 6.37. The first-order chi connectivity index (χ1) is 10.8. The Hall–Kier alpha value is -2.65. The van der Waals surface area contributed by atoms with Gasteiger partial charge in [-0.25, -0.2) is 9.97 Å². The summed E-state index contributed by atoms with van der Waals surface area (Å²) in [7, 11) is 11.6. The third-order valence-corrected chi connectivity index (χ3v) is 2.76. The molecule has 3 rings (SSSR count). The van der Waals surface area contributed by atoms with Crippen molar-refractivity contribution in [3.8, 4) is 5.88 Å². The molecule has 12 heteroatoms. The van der Waals surface area contributed by atoms with Gasteiger partial charge in [0.1, 0.15) is 11.3 Å². The first-order valence-corrected chi connectivity index (χ1v) is 6.39. The summed E-state index contributed by atoms with van der Waals surface area (Å²) in [5.74, 6) is 0.359. The Bertz CT molecular complexity index is 829. The molecular weight excluding hydrogens is 306 g/mol. The maximum atomic E-state index is 12.1. The van der Waals surface area contributed by atoms with E-state index in [1.54, 1.807) is 6.92 Å². The number of nitrogens with one attached hydrogen (secondary N) is 2. The summed E-state index contributed by atoms with van der Waals surface area (Å²) in [6.45, 7) is -1.40. The SMILES string of the molecule is [B]C([B])(C)n1ncc2ncc(Nc3cc(OC(F)F)n[nH]3)nc21. The van der Waals surface area contributed by atoms with Gasteiger partial charge in [-0.3, -0.25) is 9.78 Å². The van der Waals surface area contributed by atoms with E-state index >= 15 is 0 Å². The van der Waals surface area contributed by atoms with E-state index in [0.717, 1.165) is 0 Å². The second-order valence-electron chi connectivity index (χ2n) is 4.87. The molecule has 3 aromatic heterocycles. The first kappa shape index (κ1) is 15.3. The van der Waals surface area contributed by atoms with E-state index in [0.29, 0.717) is 22.8 Å². The van der Waals surface area contributed by atoms with Gasteiger partial charge in [-0.15, -0.1) is 5.10 Å². The molecule has 0 aliphatic heterocycles. The van der Waals surface area contributed by atoms with Crippen LogP contribution in [-0.2, 0) is 5.34 Å². The Labute approximate surface area is 131 Å². The van der Waals surface area contributed by atoms with E-state index in [9.17, 15) is 8.78 Å². The van der Waals surface area contributed by atoms with Gasteiger partial charge in [-0.2, -0.15) is 13.9 Å². The van der Waals surface area contributed by atoms with Gasteiger partial charge in [0.15, 0.2) is 11.5 Å². The Balaban J connectivity index is 1.87. The highest BCUT2D eigenvalue weighted by Crippen LogP contribution is 2.20. The second kappa shape index (κ2) is 5.52. The fourth-order valence-corrected chi connectivity index (χ4v) is 1.87. The number of nitrogens with zero attached hydrogens (tertiary/aromatic N) is 5. The Morgan fingerprint density at radius 3 is 2.87 bits per heavy atom. The number of hydrogen-bond donors (Lipinski definition) is 2. The van der Waals surface area contributed by atoms with E-state index in [1.807, 2.05) is 0 Å². The van der Waals surface area contributed by atoms with E-state index < -0.39 is 11.9 Å². The Morgan fingerprint density at radius 2 is 2.17 bits per heavy atom. The first-order valence-electron chi connectivity index (χ1n) is 6.39. The van der Waals surface area contributed by atoms with Crippen LogP contribution in [0, 0.1) is 0 Å². The molecular formula is C11H9B2F2N7O. The summed E-state index contributed by atoms with van der Waals surface area (Å²) >= 11 is 0. The molecule has 0 aromatic carbocycles. The lowest BCUT2D eigenvalue weighted by atomic mass is 9.64. The summed E-state index contributed by atoms with van der Waals surface area (Å²) < 4.78 is 29.7. The molecule has 0 saturated carbocycles. The minimum absolute atomic E-state index is 0.252. The maximum Gasteiger partial charge on any atom is 0.388 e. The molecule has 4 radical (unpaired) electrons. The van der Waals surface area contributed by atoms with Crippen LogP contribution in [0.3, 0.4) is 0 Å². The summed E-state index contributed by atoms with van der Waals surface area (Å²) in [4.78, 5) is 8.46. The van der Waals surface area contributed by atoms with Crippen LogP contribution in [0.15, 0.2) is 18.5 Å². The van der Waals surface area contributed by atoms with Gasteiger partial charge in [0.2, 0.25) is 5.88 Å². The lowest BCUT2D eigenvalue weighted by Crippen LogP contribution is -2.32. The van der Waals surface area contributed by atoms with Crippen molar-refractivity contribution in [1.29, 1.82) is 0 Å². The third-order valence-electron chi connectivity index (χ3n) is 2.76. The van der Waals surface area contributed by atoms with Gasteiger partial charge in [-0.05, 0) is 5.34 Å². The molecule has 3 aromatic rings. The van der Waals surface area contributed by atoms with Crippen molar-refractivity contribution in [3.63, 3.8) is 0 Å². The van der Waals surface area contributed by atoms with Gasteiger partial charge >= 0.3 is 6.61 Å². The van der Waals surface area contributed by atoms with E-state index in [-0.39, 0.29) is 5.88 Å². The molecule has 0 unspecified atom stereocenters. The number of fused-ring (bicyclic) bond motifs is 1. The normalized spacial score (nSPS) is 12.0. The molecule has 2 N–H and O–H groups in total. The number of aromatic nitrogens is 6. The van der Waals surface area contributed by atoms with Gasteiger partial charge in [0.25, 0.3) is 0 Å². The van der Waals surface area contributed by atoms with Crippen LogP contribution >= 0.6 is 0 Å². The number of rotatable bonds is 5. The van der Waals surface area contributed by atoms with Gasteiger partial charge in [-0.1, -0.05) is 6.92 Å².